The van der Waals surface area contributed by atoms with Gasteiger partial charge in [0.15, 0.2) is 12.6 Å². The van der Waals surface area contributed by atoms with Crippen LogP contribution in [-0.4, -0.2) is 111 Å². The number of cyclic esters (lactones) is 1. The third-order valence-corrected chi connectivity index (χ3v) is 8.88. The van der Waals surface area contributed by atoms with Crippen molar-refractivity contribution >= 4 is 5.97 Å². The van der Waals surface area contributed by atoms with Crippen LogP contribution in [-0.2, 0) is 23.7 Å². The van der Waals surface area contributed by atoms with E-state index in [1.165, 1.54) is 6.92 Å². The molecule has 0 spiro atoms. The molecule has 6 N–H and O–H groups in total. The molecule has 3 heterocycles. The van der Waals surface area contributed by atoms with E-state index in [1.807, 2.05) is 18.9 Å². The number of rotatable bonds is 3. The van der Waals surface area contributed by atoms with Gasteiger partial charge >= 0.3 is 5.97 Å². The van der Waals surface area contributed by atoms with Crippen LogP contribution in [0, 0.1) is 17.8 Å². The fourth-order valence-corrected chi connectivity index (χ4v) is 6.26. The summed E-state index contributed by atoms with van der Waals surface area (Å²) in [6.07, 6.45) is -4.89. The van der Waals surface area contributed by atoms with Gasteiger partial charge in [0.2, 0.25) is 0 Å². The van der Waals surface area contributed by atoms with Crippen molar-refractivity contribution in [2.45, 2.75) is 134 Å². The van der Waals surface area contributed by atoms with E-state index in [2.05, 4.69) is 0 Å². The second kappa shape index (κ2) is 11.9. The maximum Gasteiger partial charge on any atom is 0.311 e. The molecule has 11 heteroatoms. The lowest BCUT2D eigenvalue weighted by Crippen LogP contribution is -2.59. The van der Waals surface area contributed by atoms with Crippen LogP contribution in [0.2, 0.25) is 0 Å². The molecule has 11 nitrogen and oxygen atoms in total. The highest BCUT2D eigenvalue weighted by Crippen LogP contribution is 2.38. The third kappa shape index (κ3) is 6.70. The van der Waals surface area contributed by atoms with Crippen LogP contribution in [0.5, 0.6) is 0 Å². The minimum atomic E-state index is -1.73. The number of likely N-dealkylation sites (N-methyl/N-ethyl adjacent to an activating group) is 1. The molecule has 3 rings (SSSR count). The second-order valence-electron chi connectivity index (χ2n) is 12.5. The maximum atomic E-state index is 13.5. The summed E-state index contributed by atoms with van der Waals surface area (Å²) in [5.74, 6) is -2.33. The van der Waals surface area contributed by atoms with E-state index in [0.29, 0.717) is 13.0 Å². The summed E-state index contributed by atoms with van der Waals surface area (Å²) in [6.45, 7) is 12.4. The van der Waals surface area contributed by atoms with Gasteiger partial charge in [0, 0.05) is 31.0 Å². The van der Waals surface area contributed by atoms with Crippen LogP contribution in [0.1, 0.15) is 67.7 Å². The first-order chi connectivity index (χ1) is 17.5. The lowest BCUT2D eigenvalue weighted by atomic mass is 9.78. The van der Waals surface area contributed by atoms with Gasteiger partial charge in [0.1, 0.15) is 23.9 Å². The van der Waals surface area contributed by atoms with Crippen LogP contribution < -0.4 is 5.73 Å². The summed E-state index contributed by atoms with van der Waals surface area (Å²) in [4.78, 5) is 15.4. The SMILES string of the molecule is CC[C@H]1OC(=O)[C@H](C)[C@@H](O[C@H]2CC(N)[C@@H]3OC3O2)[C@H](C)[C@@H](O)[C@](C)(O)C[C@@H](C)CN(C)[C@H](C)[C@@H](O)[C@]1(C)O. The number of aliphatic hydroxyl groups is 4. The summed E-state index contributed by atoms with van der Waals surface area (Å²) < 4.78 is 23.3. The van der Waals surface area contributed by atoms with Crippen LogP contribution in [0.4, 0.5) is 0 Å². The Morgan fingerprint density at radius 1 is 1.11 bits per heavy atom. The van der Waals surface area contributed by atoms with E-state index >= 15 is 0 Å². The summed E-state index contributed by atoms with van der Waals surface area (Å²) in [5.41, 5.74) is 2.93. The molecule has 0 saturated carbocycles. The summed E-state index contributed by atoms with van der Waals surface area (Å²) in [6, 6.07) is -0.763. The van der Waals surface area contributed by atoms with Gasteiger partial charge in [0.05, 0.1) is 23.7 Å². The molecule has 38 heavy (non-hydrogen) atoms. The fourth-order valence-electron chi connectivity index (χ4n) is 6.26. The van der Waals surface area contributed by atoms with Crippen molar-refractivity contribution < 1.29 is 44.2 Å². The number of hydrogen-bond donors (Lipinski definition) is 5. The fraction of sp³-hybridized carbons (Fsp3) is 0.963. The van der Waals surface area contributed by atoms with E-state index in [0.717, 1.165) is 0 Å². The van der Waals surface area contributed by atoms with Crippen molar-refractivity contribution in [3.8, 4) is 0 Å². The van der Waals surface area contributed by atoms with Crippen molar-refractivity contribution in [3.63, 3.8) is 0 Å². The molecule has 3 fully saturated rings. The first-order valence-electron chi connectivity index (χ1n) is 13.9. The average molecular weight is 547 g/mol. The molecule has 3 aliphatic heterocycles. The predicted octanol–water partition coefficient (Wildman–Crippen LogP) is 0.348. The predicted molar refractivity (Wildman–Crippen MR) is 139 cm³/mol. The Kier molecular flexibility index (Phi) is 9.92. The number of nitrogens with zero attached hydrogens (tertiary/aromatic N) is 1. The number of hydrogen-bond acceptors (Lipinski definition) is 11. The molecule has 0 aromatic rings. The highest BCUT2D eigenvalue weighted by Gasteiger charge is 2.53. The largest absolute Gasteiger partial charge is 0.459 e. The average Bonchev–Trinajstić information content (AvgIpc) is 3.62. The number of nitrogens with two attached hydrogens (primary N) is 1. The topological polar surface area (TPSA) is 167 Å². The molecule has 222 valence electrons. The van der Waals surface area contributed by atoms with Crippen LogP contribution >= 0.6 is 0 Å². The van der Waals surface area contributed by atoms with Crippen molar-refractivity contribution in [1.29, 1.82) is 0 Å². The normalized spacial score (nSPS) is 51.9. The highest BCUT2D eigenvalue weighted by molar-refractivity contribution is 5.73. The molecule has 3 aliphatic rings. The number of carbonyl (C=O) groups excluding carboxylic acids is 1. The lowest BCUT2D eigenvalue weighted by Gasteiger charge is -2.42. The Hall–Kier alpha value is -0.890. The van der Waals surface area contributed by atoms with Crippen LogP contribution in [0.3, 0.4) is 0 Å². The van der Waals surface area contributed by atoms with Gasteiger partial charge in [-0.2, -0.15) is 0 Å². The minimum Gasteiger partial charge on any atom is -0.459 e. The first-order valence-corrected chi connectivity index (χ1v) is 13.9. The molecule has 0 bridgehead atoms. The van der Waals surface area contributed by atoms with Gasteiger partial charge < -0.3 is 50.0 Å². The maximum absolute atomic E-state index is 13.5. The Labute approximate surface area is 226 Å². The van der Waals surface area contributed by atoms with Crippen molar-refractivity contribution in [2.24, 2.45) is 23.5 Å². The van der Waals surface area contributed by atoms with Crippen LogP contribution in [0.25, 0.3) is 0 Å². The third-order valence-electron chi connectivity index (χ3n) is 8.88. The number of carbonyl (C=O) groups is 1. The zero-order chi connectivity index (χ0) is 28.7. The van der Waals surface area contributed by atoms with Gasteiger partial charge in [0.25, 0.3) is 0 Å². The van der Waals surface area contributed by atoms with Gasteiger partial charge in [-0.3, -0.25) is 4.79 Å². The number of ether oxygens (including phenoxy) is 4. The Morgan fingerprint density at radius 3 is 2.32 bits per heavy atom. The van der Waals surface area contributed by atoms with Crippen molar-refractivity contribution in [2.75, 3.05) is 13.6 Å². The Bertz CT molecular complexity index is 811. The van der Waals surface area contributed by atoms with Gasteiger partial charge in [-0.1, -0.05) is 20.8 Å². The zero-order valence-corrected chi connectivity index (χ0v) is 24.1. The zero-order valence-electron chi connectivity index (χ0n) is 24.1. The summed E-state index contributed by atoms with van der Waals surface area (Å²) in [5, 5.41) is 45.3. The first kappa shape index (κ1) is 31.6. The van der Waals surface area contributed by atoms with Crippen molar-refractivity contribution in [1.82, 2.24) is 4.90 Å². The molecule has 0 radical (unpaired) electrons. The van der Waals surface area contributed by atoms with Gasteiger partial charge in [-0.05, 0) is 53.5 Å². The molecule has 3 saturated heterocycles. The van der Waals surface area contributed by atoms with E-state index in [4.69, 9.17) is 24.7 Å². The minimum absolute atomic E-state index is 0.0677. The standard InChI is InChI=1S/C27H50N2O9/c1-9-18-27(7,34)23(31)16(5)29(8)12-13(2)11-26(6,33)22(30)14(3)20(15(4)24(32)35-18)36-19-10-17(28)21-25(37-19)38-21/h13-23,25,30-31,33-34H,9-12,28H2,1-8H3/t13-,14+,15-,16-,17?,18-,19-,20+,21+,22-,23-,25?,26-,27-/m1/s1. The molecule has 0 aromatic carbocycles. The summed E-state index contributed by atoms with van der Waals surface area (Å²) in [7, 11) is 1.83. The quantitative estimate of drug-likeness (QED) is 0.245. The second-order valence-corrected chi connectivity index (χ2v) is 12.5. The number of fused-ring (bicyclic) bond motifs is 1. The molecule has 14 atom stereocenters. The Balaban J connectivity index is 1.95. The van der Waals surface area contributed by atoms with E-state index in [-0.39, 0.29) is 30.9 Å². The highest BCUT2D eigenvalue weighted by atomic mass is 16.8. The lowest BCUT2D eigenvalue weighted by molar-refractivity contribution is -0.238. The Morgan fingerprint density at radius 2 is 1.74 bits per heavy atom. The molecular formula is C27H50N2O9. The van der Waals surface area contributed by atoms with Crippen LogP contribution in [0.15, 0.2) is 0 Å². The van der Waals surface area contributed by atoms with Gasteiger partial charge in [-0.25, -0.2) is 0 Å². The molecule has 0 aromatic heterocycles. The molecule has 0 aliphatic carbocycles. The summed E-state index contributed by atoms with van der Waals surface area (Å²) >= 11 is 0. The number of aliphatic hydroxyl groups excluding tert-OH is 2. The molecular weight excluding hydrogens is 496 g/mol. The molecule has 2 unspecified atom stereocenters. The van der Waals surface area contributed by atoms with Crippen molar-refractivity contribution in [3.05, 3.63) is 0 Å². The smallest absolute Gasteiger partial charge is 0.311 e. The van der Waals surface area contributed by atoms with E-state index in [9.17, 15) is 25.2 Å². The molecule has 0 amide bonds. The van der Waals surface area contributed by atoms with E-state index < -0.39 is 72.0 Å². The van der Waals surface area contributed by atoms with Gasteiger partial charge in [-0.15, -0.1) is 0 Å². The van der Waals surface area contributed by atoms with E-state index in [1.54, 1.807) is 34.6 Å². The number of epoxide rings is 1. The monoisotopic (exact) mass is 546 g/mol. The number of esters is 1.